The van der Waals surface area contributed by atoms with Gasteiger partial charge >= 0.3 is 0 Å². The van der Waals surface area contributed by atoms with Gasteiger partial charge in [0.05, 0.1) is 13.1 Å². The van der Waals surface area contributed by atoms with Crippen LogP contribution in [0, 0.1) is 0 Å². The minimum Gasteiger partial charge on any atom is -0.338 e. The highest BCUT2D eigenvalue weighted by atomic mass is 16.2. The molecule has 1 saturated heterocycles. The van der Waals surface area contributed by atoms with Crippen molar-refractivity contribution in [3.8, 4) is 0 Å². The molecule has 0 aliphatic carbocycles. The van der Waals surface area contributed by atoms with E-state index in [9.17, 15) is 9.59 Å². The maximum atomic E-state index is 14.1. The molecule has 1 aliphatic heterocycles. The average molecular weight is 1010 g/mol. The molecule has 0 bridgehead atoms. The highest BCUT2D eigenvalue weighted by molar-refractivity contribution is 5.80. The summed E-state index contributed by atoms with van der Waals surface area (Å²) in [5.41, 5.74) is 0. The van der Waals surface area contributed by atoms with Crippen molar-refractivity contribution in [3.05, 3.63) is 0 Å². The molecule has 1 heterocycles. The number of hydrogen-bond acceptors (Lipinski definition) is 5. The van der Waals surface area contributed by atoms with E-state index in [0.29, 0.717) is 39.3 Å². The molecule has 0 aromatic rings. The monoisotopic (exact) mass is 1010 g/mol. The topological polar surface area (TPSA) is 50.3 Å². The van der Waals surface area contributed by atoms with Crippen molar-refractivity contribution in [3.63, 3.8) is 0 Å². The molecule has 1 fully saturated rings. The summed E-state index contributed by atoms with van der Waals surface area (Å²) in [5, 5.41) is 0. The summed E-state index contributed by atoms with van der Waals surface area (Å²) >= 11 is 0. The van der Waals surface area contributed by atoms with E-state index in [0.717, 1.165) is 32.7 Å². The fourth-order valence-electron chi connectivity index (χ4n) is 11.2. The van der Waals surface area contributed by atoms with Gasteiger partial charge in [0.15, 0.2) is 0 Å². The van der Waals surface area contributed by atoms with Gasteiger partial charge in [-0.3, -0.25) is 19.4 Å². The fourth-order valence-corrected chi connectivity index (χ4v) is 11.2. The highest BCUT2D eigenvalue weighted by Crippen LogP contribution is 2.17. The smallest absolute Gasteiger partial charge is 0.236 e. The van der Waals surface area contributed by atoms with E-state index in [1.54, 1.807) is 0 Å². The van der Waals surface area contributed by atoms with Crippen LogP contribution in [-0.2, 0) is 9.59 Å². The van der Waals surface area contributed by atoms with Crippen molar-refractivity contribution in [2.45, 2.75) is 324 Å². The fraction of sp³-hybridized carbons (Fsp3) is 0.969. The predicted octanol–water partition coefficient (Wildman–Crippen LogP) is 18.2. The number of unbranched alkanes of at least 4 members (excludes halogenated alkanes) is 40. The van der Waals surface area contributed by atoms with Gasteiger partial charge in [0, 0.05) is 39.3 Å². The molecule has 0 aromatic heterocycles. The summed E-state index contributed by atoms with van der Waals surface area (Å²) in [6, 6.07) is 0. The number of nitrogens with zero attached hydrogens (tertiary/aromatic N) is 5. The predicted molar refractivity (Wildman–Crippen MR) is 319 cm³/mol. The van der Waals surface area contributed by atoms with Crippen molar-refractivity contribution in [2.75, 3.05) is 85.1 Å². The van der Waals surface area contributed by atoms with Crippen LogP contribution in [0.3, 0.4) is 0 Å². The first-order chi connectivity index (χ1) is 35.5. The molecule has 7 heteroatoms. The standard InChI is InChI=1S/C65H131N5O2/c1-6-11-16-21-26-28-30-32-34-39-44-48-53-67(54-49-45-40-35-33-31-29-27-22-17-12-7-2)62-64(71)69-58-60-70(61-59-69)65(72)63-68(55-50-43-38-25-20-15-10-5)57-56-66(51-46-41-36-23-18-13-8-3)52-47-42-37-24-19-14-9-4/h6-63H2,1-5H3. The van der Waals surface area contributed by atoms with Crippen LogP contribution in [0.5, 0.6) is 0 Å². The Bertz CT molecular complexity index is 1070. The Morgan fingerprint density at radius 1 is 0.236 bits per heavy atom. The maximum absolute atomic E-state index is 14.1. The van der Waals surface area contributed by atoms with Gasteiger partial charge in [-0.2, -0.15) is 0 Å². The Hall–Kier alpha value is -1.18. The second kappa shape index (κ2) is 54.6. The number of carbonyl (C=O) groups is 2. The minimum atomic E-state index is 0.274. The number of carbonyl (C=O) groups excluding carboxylic acids is 2. The van der Waals surface area contributed by atoms with E-state index in [1.807, 2.05) is 0 Å². The van der Waals surface area contributed by atoms with Gasteiger partial charge in [-0.15, -0.1) is 0 Å². The van der Waals surface area contributed by atoms with E-state index in [2.05, 4.69) is 59.1 Å². The summed E-state index contributed by atoms with van der Waals surface area (Å²) in [7, 11) is 0. The molecule has 72 heavy (non-hydrogen) atoms. The van der Waals surface area contributed by atoms with Crippen molar-refractivity contribution < 1.29 is 9.59 Å². The molecule has 0 spiro atoms. The third kappa shape index (κ3) is 44.0. The molecule has 0 atom stereocenters. The Morgan fingerprint density at radius 3 is 0.625 bits per heavy atom. The van der Waals surface area contributed by atoms with E-state index in [1.165, 1.54) is 302 Å². The Labute approximate surface area is 452 Å². The summed E-state index contributed by atoms with van der Waals surface area (Å²) in [6.07, 6.45) is 60.9. The largest absolute Gasteiger partial charge is 0.338 e. The molecule has 1 aliphatic rings. The third-order valence-electron chi connectivity index (χ3n) is 16.3. The van der Waals surface area contributed by atoms with Crippen LogP contribution in [0.15, 0.2) is 0 Å². The molecule has 7 nitrogen and oxygen atoms in total. The van der Waals surface area contributed by atoms with Crippen LogP contribution < -0.4 is 0 Å². The Balaban J connectivity index is 2.75. The molecule has 0 radical (unpaired) electrons. The van der Waals surface area contributed by atoms with Crippen molar-refractivity contribution in [1.82, 2.24) is 24.5 Å². The Morgan fingerprint density at radius 2 is 0.403 bits per heavy atom. The van der Waals surface area contributed by atoms with Gasteiger partial charge < -0.3 is 14.7 Å². The third-order valence-corrected chi connectivity index (χ3v) is 16.3. The highest BCUT2D eigenvalue weighted by Gasteiger charge is 2.26. The van der Waals surface area contributed by atoms with Crippen LogP contribution in [0.4, 0.5) is 0 Å². The lowest BCUT2D eigenvalue weighted by Gasteiger charge is -2.37. The number of amides is 2. The quantitative estimate of drug-likeness (QED) is 0.0568. The number of rotatable bonds is 57. The molecule has 428 valence electrons. The lowest BCUT2D eigenvalue weighted by Crippen LogP contribution is -2.54. The van der Waals surface area contributed by atoms with E-state index in [-0.39, 0.29) is 11.8 Å². The summed E-state index contributed by atoms with van der Waals surface area (Å²) in [5.74, 6) is 0.555. The normalized spacial score (nSPS) is 13.2. The second-order valence-corrected chi connectivity index (χ2v) is 23.3. The zero-order chi connectivity index (χ0) is 52.1. The molecular formula is C65H131N5O2. The first-order valence-corrected chi connectivity index (χ1v) is 33.2. The van der Waals surface area contributed by atoms with Crippen LogP contribution >= 0.6 is 0 Å². The lowest BCUT2D eigenvalue weighted by molar-refractivity contribution is -0.140. The molecule has 0 N–H and O–H groups in total. The van der Waals surface area contributed by atoms with Gasteiger partial charge in [-0.1, -0.05) is 291 Å². The van der Waals surface area contributed by atoms with Crippen molar-refractivity contribution in [1.29, 1.82) is 0 Å². The Kier molecular flexibility index (Phi) is 52.2. The number of hydrogen-bond donors (Lipinski definition) is 0. The van der Waals surface area contributed by atoms with Gasteiger partial charge in [0.1, 0.15) is 0 Å². The maximum Gasteiger partial charge on any atom is 0.236 e. The second-order valence-electron chi connectivity index (χ2n) is 23.3. The summed E-state index contributed by atoms with van der Waals surface area (Å²) in [6.45, 7) is 22.9. The minimum absolute atomic E-state index is 0.274. The van der Waals surface area contributed by atoms with Crippen LogP contribution in [0.25, 0.3) is 0 Å². The number of piperazine rings is 1. The van der Waals surface area contributed by atoms with Crippen molar-refractivity contribution >= 4 is 11.8 Å². The van der Waals surface area contributed by atoms with E-state index >= 15 is 0 Å². The summed E-state index contributed by atoms with van der Waals surface area (Å²) in [4.78, 5) is 40.0. The SMILES string of the molecule is CCCCCCCCCCCCCCN(CCCCCCCCCCCCCC)CC(=O)N1CCN(C(=O)CN(CCCCCCCCC)CCN(CCCCCCCCC)CCCCCCCCC)CC1. The molecule has 1 rings (SSSR count). The zero-order valence-electron chi connectivity index (χ0n) is 50.1. The van der Waals surface area contributed by atoms with Gasteiger partial charge in [0.25, 0.3) is 0 Å². The van der Waals surface area contributed by atoms with Gasteiger partial charge in [0.2, 0.25) is 11.8 Å². The van der Waals surface area contributed by atoms with Crippen LogP contribution in [-0.4, -0.2) is 121 Å². The first-order valence-electron chi connectivity index (χ1n) is 33.2. The first kappa shape index (κ1) is 68.8. The van der Waals surface area contributed by atoms with Crippen molar-refractivity contribution in [2.24, 2.45) is 0 Å². The molecule has 2 amide bonds. The molecule has 0 unspecified atom stereocenters. The van der Waals surface area contributed by atoms with Crippen LogP contribution in [0.2, 0.25) is 0 Å². The molecule has 0 saturated carbocycles. The van der Waals surface area contributed by atoms with Gasteiger partial charge in [-0.05, 0) is 64.8 Å². The average Bonchev–Trinajstić information content (AvgIpc) is 3.39. The molecular weight excluding hydrogens is 883 g/mol. The summed E-state index contributed by atoms with van der Waals surface area (Å²) < 4.78 is 0. The molecule has 0 aromatic carbocycles. The zero-order valence-corrected chi connectivity index (χ0v) is 50.1. The lowest BCUT2D eigenvalue weighted by atomic mass is 10.0. The van der Waals surface area contributed by atoms with E-state index in [4.69, 9.17) is 0 Å². The van der Waals surface area contributed by atoms with E-state index < -0.39 is 0 Å². The van der Waals surface area contributed by atoms with Crippen LogP contribution in [0.1, 0.15) is 324 Å². The van der Waals surface area contributed by atoms with Gasteiger partial charge in [-0.25, -0.2) is 0 Å².